The number of hydrazine groups is 1. The number of carbonyl (C=O) groups is 2. The monoisotopic (exact) mass is 415 g/mol. The summed E-state index contributed by atoms with van der Waals surface area (Å²) in [5.41, 5.74) is 7.19. The third-order valence-corrected chi connectivity index (χ3v) is 5.08. The Hall–Kier alpha value is -3.04. The van der Waals surface area contributed by atoms with Crippen molar-refractivity contribution < 1.29 is 14.0 Å². The van der Waals surface area contributed by atoms with Crippen LogP contribution >= 0.6 is 11.3 Å². The molecule has 0 atom stereocenters. The summed E-state index contributed by atoms with van der Waals surface area (Å²) in [6.07, 6.45) is 1.57. The predicted molar refractivity (Wildman–Crippen MR) is 110 cm³/mol. The number of rotatable bonds is 8. The van der Waals surface area contributed by atoms with Crippen LogP contribution in [0, 0.1) is 5.82 Å². The number of amides is 2. The Labute approximate surface area is 171 Å². The zero-order valence-electron chi connectivity index (χ0n) is 15.9. The number of aromatic nitrogens is 2. The van der Waals surface area contributed by atoms with Crippen LogP contribution in [0.3, 0.4) is 0 Å². The van der Waals surface area contributed by atoms with Gasteiger partial charge in [0.1, 0.15) is 5.82 Å². The first kappa shape index (κ1) is 20.7. The normalized spacial score (nSPS) is 10.9. The van der Waals surface area contributed by atoms with Crippen molar-refractivity contribution in [2.75, 3.05) is 20.1 Å². The molecular weight excluding hydrogens is 393 g/mol. The number of aryl methyl sites for hydroxylation is 1. The molecule has 7 nitrogen and oxygen atoms in total. The number of hydrogen-bond acceptors (Lipinski definition) is 5. The largest absolute Gasteiger partial charge is 0.298 e. The number of thiophene rings is 1. The van der Waals surface area contributed by atoms with Crippen LogP contribution in [0.4, 0.5) is 4.39 Å². The highest BCUT2D eigenvalue weighted by atomic mass is 32.1. The number of likely N-dealkylation sites (N-methyl/N-ethyl adjacent to an activating group) is 1. The molecular formula is C20H22FN5O2S. The van der Waals surface area contributed by atoms with Gasteiger partial charge in [0.15, 0.2) is 0 Å². The van der Waals surface area contributed by atoms with Crippen molar-refractivity contribution in [3.05, 3.63) is 64.2 Å². The first-order chi connectivity index (χ1) is 14.0. The van der Waals surface area contributed by atoms with Crippen molar-refractivity contribution in [3.8, 4) is 11.3 Å². The average molecular weight is 415 g/mol. The highest BCUT2D eigenvalue weighted by Gasteiger charge is 2.10. The fourth-order valence-electron chi connectivity index (χ4n) is 2.78. The molecule has 0 unspecified atom stereocenters. The molecule has 0 radical (unpaired) electrons. The van der Waals surface area contributed by atoms with E-state index in [4.69, 9.17) is 0 Å². The number of hydrogen-bond donors (Lipinski definition) is 3. The molecule has 2 aromatic heterocycles. The fourth-order valence-corrected chi connectivity index (χ4v) is 3.40. The molecule has 0 bridgehead atoms. The third-order valence-electron chi connectivity index (χ3n) is 4.21. The second-order valence-electron chi connectivity index (χ2n) is 6.61. The van der Waals surface area contributed by atoms with E-state index in [1.54, 1.807) is 23.6 Å². The molecule has 0 saturated carbocycles. The Morgan fingerprint density at radius 3 is 2.83 bits per heavy atom. The zero-order valence-corrected chi connectivity index (χ0v) is 16.8. The van der Waals surface area contributed by atoms with Gasteiger partial charge in [-0.25, -0.2) is 4.39 Å². The zero-order chi connectivity index (χ0) is 20.6. The minimum absolute atomic E-state index is 0.169. The van der Waals surface area contributed by atoms with Crippen molar-refractivity contribution >= 4 is 23.2 Å². The number of aromatic amines is 1. The minimum atomic E-state index is -0.329. The van der Waals surface area contributed by atoms with E-state index >= 15 is 0 Å². The van der Waals surface area contributed by atoms with E-state index in [9.17, 15) is 14.0 Å². The maximum Gasteiger partial charge on any atom is 0.279 e. The smallest absolute Gasteiger partial charge is 0.279 e. The first-order valence-corrected chi connectivity index (χ1v) is 10.0. The highest BCUT2D eigenvalue weighted by Crippen LogP contribution is 2.19. The van der Waals surface area contributed by atoms with Gasteiger partial charge in [-0.1, -0.05) is 18.2 Å². The number of benzene rings is 1. The summed E-state index contributed by atoms with van der Waals surface area (Å²) in [6, 6.07) is 11.7. The Bertz CT molecular complexity index is 957. The van der Waals surface area contributed by atoms with Crippen molar-refractivity contribution in [3.63, 3.8) is 0 Å². The minimum Gasteiger partial charge on any atom is -0.298 e. The third kappa shape index (κ3) is 6.23. The average Bonchev–Trinajstić information content (AvgIpc) is 3.38. The maximum atomic E-state index is 13.3. The Morgan fingerprint density at radius 1 is 1.21 bits per heavy atom. The Morgan fingerprint density at radius 2 is 2.07 bits per heavy atom. The van der Waals surface area contributed by atoms with Gasteiger partial charge >= 0.3 is 0 Å². The number of H-pyrrole nitrogens is 1. The first-order valence-electron chi connectivity index (χ1n) is 9.13. The van der Waals surface area contributed by atoms with Crippen LogP contribution in [0.2, 0.25) is 0 Å². The molecule has 1 aromatic carbocycles. The van der Waals surface area contributed by atoms with E-state index in [-0.39, 0.29) is 24.2 Å². The lowest BCUT2D eigenvalue weighted by atomic mass is 10.1. The number of halogens is 1. The highest BCUT2D eigenvalue weighted by molar-refractivity contribution is 7.12. The summed E-state index contributed by atoms with van der Waals surface area (Å²) in [7, 11) is 1.84. The summed E-state index contributed by atoms with van der Waals surface area (Å²) >= 11 is 1.31. The Balaban J connectivity index is 1.37. The fraction of sp³-hybridized carbons (Fsp3) is 0.250. The van der Waals surface area contributed by atoms with Crippen molar-refractivity contribution in [1.82, 2.24) is 25.9 Å². The van der Waals surface area contributed by atoms with E-state index in [1.807, 2.05) is 24.1 Å². The van der Waals surface area contributed by atoms with E-state index < -0.39 is 0 Å². The van der Waals surface area contributed by atoms with E-state index in [2.05, 4.69) is 21.0 Å². The number of nitrogens with zero attached hydrogens (tertiary/aromatic N) is 2. The molecule has 0 aliphatic rings. The molecule has 3 N–H and O–H groups in total. The molecule has 152 valence electrons. The van der Waals surface area contributed by atoms with Crippen LogP contribution in [0.15, 0.2) is 47.8 Å². The molecule has 29 heavy (non-hydrogen) atoms. The van der Waals surface area contributed by atoms with Gasteiger partial charge in [0.2, 0.25) is 0 Å². The molecule has 0 aliphatic carbocycles. The summed E-state index contributed by atoms with van der Waals surface area (Å²) in [4.78, 5) is 26.1. The molecule has 3 rings (SSSR count). The van der Waals surface area contributed by atoms with Gasteiger partial charge in [-0.15, -0.1) is 11.3 Å². The van der Waals surface area contributed by atoms with Crippen LogP contribution in [0.1, 0.15) is 21.8 Å². The molecule has 0 spiro atoms. The van der Waals surface area contributed by atoms with Crippen LogP contribution in [-0.2, 0) is 11.2 Å². The van der Waals surface area contributed by atoms with Crippen molar-refractivity contribution in [2.24, 2.45) is 0 Å². The van der Waals surface area contributed by atoms with Crippen LogP contribution in [-0.4, -0.2) is 47.0 Å². The van der Waals surface area contributed by atoms with Crippen molar-refractivity contribution in [1.29, 1.82) is 0 Å². The molecule has 9 heteroatoms. The second-order valence-corrected chi connectivity index (χ2v) is 7.56. The van der Waals surface area contributed by atoms with E-state index in [1.165, 1.54) is 23.5 Å². The summed E-state index contributed by atoms with van der Waals surface area (Å²) < 4.78 is 13.3. The topological polar surface area (TPSA) is 90.1 Å². The lowest BCUT2D eigenvalue weighted by Gasteiger charge is -2.16. The van der Waals surface area contributed by atoms with Crippen LogP contribution < -0.4 is 10.9 Å². The van der Waals surface area contributed by atoms with Gasteiger partial charge in [0.05, 0.1) is 17.1 Å². The molecule has 0 saturated heterocycles. The van der Waals surface area contributed by atoms with Crippen LogP contribution in [0.5, 0.6) is 0 Å². The molecule has 0 aliphatic heterocycles. The lowest BCUT2D eigenvalue weighted by molar-refractivity contribution is -0.122. The lowest BCUT2D eigenvalue weighted by Crippen LogP contribution is -2.45. The number of carbonyl (C=O) groups excluding carboxylic acids is 2. The van der Waals surface area contributed by atoms with E-state index in [0.29, 0.717) is 17.1 Å². The number of nitrogens with one attached hydrogen (secondary N) is 3. The van der Waals surface area contributed by atoms with Gasteiger partial charge in [-0.05, 0) is 56.1 Å². The van der Waals surface area contributed by atoms with Gasteiger partial charge in [0, 0.05) is 11.3 Å². The van der Waals surface area contributed by atoms with Crippen LogP contribution in [0.25, 0.3) is 11.3 Å². The molecule has 2 amide bonds. The summed E-state index contributed by atoms with van der Waals surface area (Å²) in [5, 5.41) is 8.99. The van der Waals surface area contributed by atoms with Crippen molar-refractivity contribution in [2.45, 2.75) is 12.8 Å². The van der Waals surface area contributed by atoms with Gasteiger partial charge in [0.25, 0.3) is 11.8 Å². The van der Waals surface area contributed by atoms with Gasteiger partial charge in [-0.2, -0.15) is 5.10 Å². The van der Waals surface area contributed by atoms with E-state index in [0.717, 1.165) is 24.1 Å². The standard InChI is InChI=1S/C20H22FN5O2S/c1-26(13-19(27)24-25-20(28)18-8-4-10-29-18)9-3-7-16-12-17(23-22-16)14-5-2-6-15(21)11-14/h2,4-6,8,10-12H,3,7,9,13H2,1H3,(H,22,23)(H,24,27)(H,25,28). The van der Waals surface area contributed by atoms with Gasteiger partial charge in [-0.3, -0.25) is 30.4 Å². The summed E-state index contributed by atoms with van der Waals surface area (Å²) in [5.74, 6) is -0.907. The molecule has 0 fully saturated rings. The summed E-state index contributed by atoms with van der Waals surface area (Å²) in [6.45, 7) is 0.864. The quantitative estimate of drug-likeness (QED) is 0.494. The second kappa shape index (κ2) is 9.94. The molecule has 3 aromatic rings. The SMILES string of the molecule is CN(CCCc1cc(-c2cccc(F)c2)n[nH]1)CC(=O)NNC(=O)c1cccs1. The molecule has 2 heterocycles. The Kier molecular flexibility index (Phi) is 7.09. The maximum absolute atomic E-state index is 13.3. The predicted octanol–water partition coefficient (Wildman–Crippen LogP) is 2.60. The van der Waals surface area contributed by atoms with Gasteiger partial charge < -0.3 is 0 Å².